The molecule has 2 aliphatic carbocycles. The molecule has 0 radical (unpaired) electrons. The van der Waals surface area contributed by atoms with Gasteiger partial charge in [0.05, 0.1) is 6.61 Å². The van der Waals surface area contributed by atoms with Crippen LogP contribution in [0.3, 0.4) is 0 Å². The lowest BCUT2D eigenvalue weighted by molar-refractivity contribution is 0.0719. The maximum absolute atomic E-state index is 13.1. The van der Waals surface area contributed by atoms with Crippen molar-refractivity contribution in [1.82, 2.24) is 9.80 Å². The minimum atomic E-state index is 0.106. The Morgan fingerprint density at radius 3 is 2.45 bits per heavy atom. The van der Waals surface area contributed by atoms with Crippen LogP contribution in [0.1, 0.15) is 72.0 Å². The highest BCUT2D eigenvalue weighted by Crippen LogP contribution is 2.30. The number of fused-ring (bicyclic) bond motifs is 1. The van der Waals surface area contributed by atoms with E-state index in [2.05, 4.69) is 23.1 Å². The molecule has 4 nitrogen and oxygen atoms in total. The fourth-order valence-electron chi connectivity index (χ4n) is 5.33. The van der Waals surface area contributed by atoms with Gasteiger partial charge in [0.2, 0.25) is 0 Å². The molecule has 1 aliphatic heterocycles. The highest BCUT2D eigenvalue weighted by atomic mass is 16.5. The molecule has 1 amide bonds. The zero-order chi connectivity index (χ0) is 22.6. The largest absolute Gasteiger partial charge is 0.493 e. The van der Waals surface area contributed by atoms with Crippen molar-refractivity contribution in [1.29, 1.82) is 0 Å². The Morgan fingerprint density at radius 1 is 0.970 bits per heavy atom. The summed E-state index contributed by atoms with van der Waals surface area (Å²) in [4.78, 5) is 17.7. The van der Waals surface area contributed by atoms with Gasteiger partial charge < -0.3 is 9.64 Å². The van der Waals surface area contributed by atoms with Gasteiger partial charge in [-0.05, 0) is 105 Å². The van der Waals surface area contributed by atoms with Crippen molar-refractivity contribution in [3.63, 3.8) is 0 Å². The van der Waals surface area contributed by atoms with Crippen molar-refractivity contribution >= 4 is 5.91 Å². The quantitative estimate of drug-likeness (QED) is 0.564. The van der Waals surface area contributed by atoms with Gasteiger partial charge in [-0.15, -0.1) is 0 Å². The summed E-state index contributed by atoms with van der Waals surface area (Å²) in [5.74, 6) is 1.70. The summed E-state index contributed by atoms with van der Waals surface area (Å²) < 4.78 is 5.82. The van der Waals surface area contributed by atoms with E-state index in [0.29, 0.717) is 0 Å². The van der Waals surface area contributed by atoms with Gasteiger partial charge in [0.1, 0.15) is 5.75 Å². The number of aryl methyl sites for hydroxylation is 1. The third-order valence-corrected chi connectivity index (χ3v) is 7.73. The highest BCUT2D eigenvalue weighted by molar-refractivity contribution is 5.94. The van der Waals surface area contributed by atoms with Crippen molar-refractivity contribution in [3.05, 3.63) is 64.7 Å². The van der Waals surface area contributed by atoms with Crippen LogP contribution in [-0.4, -0.2) is 48.5 Å². The summed E-state index contributed by atoms with van der Waals surface area (Å²) in [6.45, 7) is 4.35. The average molecular weight is 447 g/mol. The second kappa shape index (κ2) is 10.3. The third kappa shape index (κ3) is 5.78. The van der Waals surface area contributed by atoms with E-state index >= 15 is 0 Å². The van der Waals surface area contributed by atoms with Crippen LogP contribution in [0.15, 0.2) is 42.5 Å². The molecule has 1 heterocycles. The summed E-state index contributed by atoms with van der Waals surface area (Å²) in [7, 11) is 1.96. The maximum Gasteiger partial charge on any atom is 0.253 e. The molecule has 2 fully saturated rings. The van der Waals surface area contributed by atoms with Gasteiger partial charge in [0.15, 0.2) is 0 Å². The molecule has 1 saturated carbocycles. The SMILES string of the molecule is CN(C(=O)c1ccc(OCC2CC2)cc1)[C@H]1CCc2cc(CN3CCCCCC3)ccc2C1. The number of carbonyl (C=O) groups is 1. The van der Waals surface area contributed by atoms with E-state index in [0.717, 1.165) is 49.6 Å². The van der Waals surface area contributed by atoms with Gasteiger partial charge in [-0.2, -0.15) is 0 Å². The molecule has 5 rings (SSSR count). The number of carbonyl (C=O) groups excluding carboxylic acids is 1. The zero-order valence-electron chi connectivity index (χ0n) is 20.1. The van der Waals surface area contributed by atoms with Crippen LogP contribution >= 0.6 is 0 Å². The molecule has 0 spiro atoms. The molecule has 0 N–H and O–H groups in total. The Bertz CT molecular complexity index is 943. The van der Waals surface area contributed by atoms with Crippen molar-refractivity contribution in [3.8, 4) is 5.75 Å². The second-order valence-corrected chi connectivity index (χ2v) is 10.4. The van der Waals surface area contributed by atoms with Crippen LogP contribution in [0.4, 0.5) is 0 Å². The average Bonchev–Trinajstić information content (AvgIpc) is 3.70. The molecule has 33 heavy (non-hydrogen) atoms. The van der Waals surface area contributed by atoms with Crippen molar-refractivity contribution in [2.75, 3.05) is 26.7 Å². The van der Waals surface area contributed by atoms with Gasteiger partial charge >= 0.3 is 0 Å². The number of benzene rings is 2. The van der Waals surface area contributed by atoms with Crippen LogP contribution in [0.25, 0.3) is 0 Å². The molecular weight excluding hydrogens is 408 g/mol. The Morgan fingerprint density at radius 2 is 1.73 bits per heavy atom. The molecule has 0 aromatic heterocycles. The lowest BCUT2D eigenvalue weighted by Gasteiger charge is -2.33. The van der Waals surface area contributed by atoms with Gasteiger partial charge in [-0.3, -0.25) is 9.69 Å². The first-order chi connectivity index (χ1) is 16.2. The summed E-state index contributed by atoms with van der Waals surface area (Å²) in [5, 5.41) is 0. The predicted octanol–water partition coefficient (Wildman–Crippen LogP) is 5.48. The monoisotopic (exact) mass is 446 g/mol. The third-order valence-electron chi connectivity index (χ3n) is 7.73. The maximum atomic E-state index is 13.1. The highest BCUT2D eigenvalue weighted by Gasteiger charge is 2.26. The number of likely N-dealkylation sites (tertiary alicyclic amines) is 1. The molecule has 1 saturated heterocycles. The first kappa shape index (κ1) is 22.5. The number of hydrogen-bond donors (Lipinski definition) is 0. The van der Waals surface area contributed by atoms with Crippen LogP contribution in [0, 0.1) is 5.92 Å². The summed E-state index contributed by atoms with van der Waals surface area (Å²) in [5.41, 5.74) is 5.09. The van der Waals surface area contributed by atoms with E-state index in [-0.39, 0.29) is 11.9 Å². The number of rotatable bonds is 7. The topological polar surface area (TPSA) is 32.8 Å². The van der Waals surface area contributed by atoms with Crippen molar-refractivity contribution < 1.29 is 9.53 Å². The van der Waals surface area contributed by atoms with E-state index in [1.165, 1.54) is 68.3 Å². The van der Waals surface area contributed by atoms with E-state index in [1.807, 2.05) is 36.2 Å². The van der Waals surface area contributed by atoms with Gasteiger partial charge in [0.25, 0.3) is 5.91 Å². The molecule has 2 aromatic rings. The Labute approximate surface area is 198 Å². The molecule has 0 unspecified atom stereocenters. The van der Waals surface area contributed by atoms with Gasteiger partial charge in [-0.25, -0.2) is 0 Å². The molecule has 176 valence electrons. The molecule has 2 aromatic carbocycles. The number of ether oxygens (including phenoxy) is 1. The summed E-state index contributed by atoms with van der Waals surface area (Å²) >= 11 is 0. The minimum Gasteiger partial charge on any atom is -0.493 e. The second-order valence-electron chi connectivity index (χ2n) is 10.4. The lowest BCUT2D eigenvalue weighted by Crippen LogP contribution is -2.40. The molecule has 4 heteroatoms. The minimum absolute atomic E-state index is 0.106. The first-order valence-corrected chi connectivity index (χ1v) is 13.0. The van der Waals surface area contributed by atoms with E-state index in [1.54, 1.807) is 0 Å². The summed E-state index contributed by atoms with van der Waals surface area (Å²) in [6, 6.07) is 15.0. The predicted molar refractivity (Wildman–Crippen MR) is 133 cm³/mol. The van der Waals surface area contributed by atoms with E-state index in [4.69, 9.17) is 4.74 Å². The zero-order valence-corrected chi connectivity index (χ0v) is 20.1. The van der Waals surface area contributed by atoms with Gasteiger partial charge in [0, 0.05) is 25.2 Å². The van der Waals surface area contributed by atoms with E-state index in [9.17, 15) is 4.79 Å². The number of amides is 1. The fraction of sp³-hybridized carbons (Fsp3) is 0.552. The Hall–Kier alpha value is -2.33. The molecule has 3 aliphatic rings. The van der Waals surface area contributed by atoms with Crippen LogP contribution in [0.2, 0.25) is 0 Å². The first-order valence-electron chi connectivity index (χ1n) is 13.0. The van der Waals surface area contributed by atoms with Crippen LogP contribution < -0.4 is 4.74 Å². The lowest BCUT2D eigenvalue weighted by atomic mass is 9.86. The summed E-state index contributed by atoms with van der Waals surface area (Å²) in [6.07, 6.45) is 11.0. The van der Waals surface area contributed by atoms with Gasteiger partial charge in [-0.1, -0.05) is 31.0 Å². The number of hydrogen-bond acceptors (Lipinski definition) is 3. The standard InChI is InChI=1S/C29H38N2O2/c1-30(29(32)24-11-14-28(15-12-24)33-21-22-6-7-22)27-13-10-25-18-23(8-9-26(25)19-27)20-31-16-4-2-3-5-17-31/h8-9,11-12,14-15,18,22,27H,2-7,10,13,16-17,19-21H2,1H3/t27-/m0/s1. The fourth-order valence-corrected chi connectivity index (χ4v) is 5.33. The Balaban J connectivity index is 1.17. The smallest absolute Gasteiger partial charge is 0.253 e. The Kier molecular flexibility index (Phi) is 7.01. The van der Waals surface area contributed by atoms with Crippen LogP contribution in [-0.2, 0) is 19.4 Å². The number of nitrogens with zero attached hydrogens (tertiary/aromatic N) is 2. The molecular formula is C29H38N2O2. The number of likely N-dealkylation sites (N-methyl/N-ethyl adjacent to an activating group) is 1. The van der Waals surface area contributed by atoms with Crippen molar-refractivity contribution in [2.45, 2.75) is 70.4 Å². The van der Waals surface area contributed by atoms with Crippen molar-refractivity contribution in [2.24, 2.45) is 5.92 Å². The molecule has 1 atom stereocenters. The molecule has 0 bridgehead atoms. The normalized spacial score (nSPS) is 21.2. The van der Waals surface area contributed by atoms with E-state index < -0.39 is 0 Å². The van der Waals surface area contributed by atoms with Crippen LogP contribution in [0.5, 0.6) is 5.75 Å².